The van der Waals surface area contributed by atoms with Crippen molar-refractivity contribution in [2.24, 2.45) is 0 Å². The quantitative estimate of drug-likeness (QED) is 0.0334. The summed E-state index contributed by atoms with van der Waals surface area (Å²) in [5.74, 6) is 0. The third-order valence-electron chi connectivity index (χ3n) is 17.3. The minimum Gasteiger partial charge on any atom is -0.312 e. The van der Waals surface area contributed by atoms with E-state index in [0.717, 1.165) is 39.1 Å². The Morgan fingerprint density at radius 3 is 0.556 bits per heavy atom. The molecule has 0 N–H and O–H groups in total. The van der Waals surface area contributed by atoms with Gasteiger partial charge in [0.2, 0.25) is 0 Å². The first-order valence-corrected chi connectivity index (χ1v) is 38.5. The molecule has 6 rings (SSSR count). The molecule has 0 unspecified atom stereocenters. The van der Waals surface area contributed by atoms with Gasteiger partial charge in [0.05, 0.1) is 56.4 Å². The van der Waals surface area contributed by atoms with Crippen molar-refractivity contribution >= 4 is 32.6 Å². The van der Waals surface area contributed by atoms with E-state index in [1.54, 1.807) is 0 Å². The van der Waals surface area contributed by atoms with E-state index in [1.807, 2.05) is 6.79 Å². The van der Waals surface area contributed by atoms with Crippen LogP contribution in [0.1, 0.15) is 367 Å². The van der Waals surface area contributed by atoms with Crippen LogP contribution in [0.4, 0.5) is 0 Å². The van der Waals surface area contributed by atoms with Crippen molar-refractivity contribution in [3.8, 4) is 0 Å². The van der Waals surface area contributed by atoms with Gasteiger partial charge in [-0.2, -0.15) is 0 Å². The van der Waals surface area contributed by atoms with Crippen LogP contribution in [-0.2, 0) is 62.0 Å². The summed E-state index contributed by atoms with van der Waals surface area (Å²) in [5, 5.41) is 0. The van der Waals surface area contributed by atoms with E-state index in [9.17, 15) is 0 Å². The van der Waals surface area contributed by atoms with Gasteiger partial charge in [-0.05, 0) is 96.3 Å². The Morgan fingerprint density at radius 1 is 0.247 bits per heavy atom. The number of unbranched alkanes of at least 4 members (excludes halogenated alkanes) is 21. The number of carbonyl (C=O) groups excluding carboxylic acids is 1. The molecule has 6 aliphatic carbocycles. The smallest absolute Gasteiger partial charge is 0.312 e. The molecule has 0 amide bonds. The van der Waals surface area contributed by atoms with Gasteiger partial charge in [0.25, 0.3) is 0 Å². The molecule has 81 heavy (non-hydrogen) atoms. The molecule has 0 aliphatic heterocycles. The standard InChI is InChI=1S/3C22H43O3P.CH2O.Ni/c3*1-2-3-4-5-6-7-8-15-20-23-26(24-21-16-11-9-12-17-21)25-22-18-13-10-14-19-22;1-2;/h3*21-22H,2-20H2,1H3;1H2;. The van der Waals surface area contributed by atoms with Gasteiger partial charge in [-0.25, -0.2) is 0 Å². The Morgan fingerprint density at radius 2 is 0.395 bits per heavy atom. The van der Waals surface area contributed by atoms with Gasteiger partial charge in [0.1, 0.15) is 6.79 Å². The largest absolute Gasteiger partial charge is 0.333 e. The van der Waals surface area contributed by atoms with Gasteiger partial charge in [-0.1, -0.05) is 271 Å². The summed E-state index contributed by atoms with van der Waals surface area (Å²) in [5.41, 5.74) is 0. The normalized spacial score (nSPS) is 19.4. The molecule has 0 heterocycles. The molecule has 6 saturated carbocycles. The molecule has 14 heteroatoms. The second kappa shape index (κ2) is 58.8. The summed E-state index contributed by atoms with van der Waals surface area (Å²) in [6, 6.07) is 0. The SMILES string of the molecule is C=O.CCCCCCCCCCOP(OC1CCCCC1)OC1CCCCC1.CCCCCCCCCCOP(OC1CCCCC1)OC1CCCCC1.CCCCCCCCCCOP(OC1CCCCC1)OC1CCCCC1.[Ni]. The van der Waals surface area contributed by atoms with Crippen LogP contribution in [-0.4, -0.2) is 63.2 Å². The average Bonchev–Trinajstić information content (AvgIpc) is 3.50. The molecule has 0 bridgehead atoms. The maximum absolute atomic E-state index is 8.00. The van der Waals surface area contributed by atoms with Crippen molar-refractivity contribution in [3.63, 3.8) is 0 Å². The number of rotatable bonds is 42. The van der Waals surface area contributed by atoms with Crippen LogP contribution in [0.25, 0.3) is 0 Å². The fourth-order valence-electron chi connectivity index (χ4n) is 12.1. The third-order valence-corrected chi connectivity index (χ3v) is 21.3. The summed E-state index contributed by atoms with van der Waals surface area (Å²) in [6.45, 7) is 11.3. The van der Waals surface area contributed by atoms with E-state index < -0.39 is 25.8 Å². The van der Waals surface area contributed by atoms with Crippen molar-refractivity contribution in [1.82, 2.24) is 0 Å². The molecule has 0 aromatic heterocycles. The van der Waals surface area contributed by atoms with E-state index in [-0.39, 0.29) is 16.5 Å². The van der Waals surface area contributed by atoms with Crippen LogP contribution in [0, 0.1) is 0 Å². The van der Waals surface area contributed by atoms with E-state index in [4.69, 9.17) is 45.5 Å². The Kier molecular flexibility index (Phi) is 56.7. The molecule has 0 aromatic carbocycles. The summed E-state index contributed by atoms with van der Waals surface area (Å²) in [4.78, 5) is 8.00. The molecule has 484 valence electrons. The maximum Gasteiger partial charge on any atom is 0.333 e. The van der Waals surface area contributed by atoms with E-state index >= 15 is 0 Å². The van der Waals surface area contributed by atoms with Gasteiger partial charge in [-0.3, -0.25) is 0 Å². The zero-order valence-electron chi connectivity index (χ0n) is 53.2. The topological polar surface area (TPSA) is 100 Å². The molecule has 0 radical (unpaired) electrons. The third kappa shape index (κ3) is 45.1. The fraction of sp³-hybridized carbons (Fsp3) is 0.985. The van der Waals surface area contributed by atoms with Crippen LogP contribution in [0.2, 0.25) is 0 Å². The van der Waals surface area contributed by atoms with Gasteiger partial charge in [-0.15, -0.1) is 0 Å². The molecule has 10 nitrogen and oxygen atoms in total. The monoisotopic (exact) mass is 1250 g/mol. The first kappa shape index (κ1) is 78.2. The average molecular weight is 1250 g/mol. The Hall–Kier alpha value is 1.09. The zero-order chi connectivity index (χ0) is 56.9. The zero-order valence-corrected chi connectivity index (χ0v) is 56.9. The van der Waals surface area contributed by atoms with Crippen LogP contribution in [0.5, 0.6) is 0 Å². The van der Waals surface area contributed by atoms with E-state index in [2.05, 4.69) is 20.8 Å². The second-order valence-electron chi connectivity index (χ2n) is 24.8. The van der Waals surface area contributed by atoms with Crippen molar-refractivity contribution < 1.29 is 62.0 Å². The van der Waals surface area contributed by atoms with Gasteiger partial charge >= 0.3 is 25.8 Å². The Balaban J connectivity index is 0.000000406. The van der Waals surface area contributed by atoms with Gasteiger partial charge in [0, 0.05) is 16.5 Å². The molecule has 0 saturated heterocycles. The summed E-state index contributed by atoms with van der Waals surface area (Å²) in [6.07, 6.45) is 72.3. The molecular weight excluding hydrogens is 1120 g/mol. The summed E-state index contributed by atoms with van der Waals surface area (Å²) in [7, 11) is -3.42. The van der Waals surface area contributed by atoms with Crippen LogP contribution >= 0.6 is 25.8 Å². The maximum atomic E-state index is 8.00. The molecule has 0 atom stereocenters. The molecule has 0 aromatic rings. The van der Waals surface area contributed by atoms with Crippen molar-refractivity contribution in [3.05, 3.63) is 0 Å². The van der Waals surface area contributed by atoms with Crippen molar-refractivity contribution in [1.29, 1.82) is 0 Å². The first-order valence-electron chi connectivity index (χ1n) is 35.2. The van der Waals surface area contributed by atoms with E-state index in [1.165, 1.54) is 327 Å². The van der Waals surface area contributed by atoms with Gasteiger partial charge in [0.15, 0.2) is 0 Å². The van der Waals surface area contributed by atoms with Crippen molar-refractivity contribution in [2.75, 3.05) is 19.8 Å². The predicted octanol–water partition coefficient (Wildman–Crippen LogP) is 24.0. The molecule has 6 fully saturated rings. The molecular formula is C67H131NiO10P3. The number of hydrogen-bond acceptors (Lipinski definition) is 10. The molecule has 6 aliphatic rings. The Labute approximate surface area is 515 Å². The van der Waals surface area contributed by atoms with Gasteiger partial charge < -0.3 is 45.5 Å². The minimum atomic E-state index is -1.14. The molecule has 0 spiro atoms. The number of carbonyl (C=O) groups is 1. The fourth-order valence-corrected chi connectivity index (χ4v) is 16.2. The van der Waals surface area contributed by atoms with Crippen LogP contribution in [0.3, 0.4) is 0 Å². The van der Waals surface area contributed by atoms with Crippen LogP contribution < -0.4 is 0 Å². The Bertz CT molecular complexity index is 1060. The summed E-state index contributed by atoms with van der Waals surface area (Å²) < 4.78 is 56.1. The minimum absolute atomic E-state index is 0. The summed E-state index contributed by atoms with van der Waals surface area (Å²) >= 11 is 0. The van der Waals surface area contributed by atoms with E-state index in [0.29, 0.717) is 36.6 Å². The first-order chi connectivity index (χ1) is 39.6. The van der Waals surface area contributed by atoms with Crippen LogP contribution in [0.15, 0.2) is 0 Å². The number of hydrogen-bond donors (Lipinski definition) is 0. The second-order valence-corrected chi connectivity index (χ2v) is 28.2. The van der Waals surface area contributed by atoms with Crippen molar-refractivity contribution in [2.45, 2.75) is 404 Å². The predicted molar refractivity (Wildman–Crippen MR) is 341 cm³/mol.